The molecule has 0 saturated heterocycles. The molecule has 0 atom stereocenters. The largest absolute Gasteiger partial charge is 0.490 e. The Bertz CT molecular complexity index is 1320. The van der Waals surface area contributed by atoms with Crippen LogP contribution in [0.25, 0.3) is 11.4 Å². The van der Waals surface area contributed by atoms with E-state index in [0.717, 1.165) is 16.8 Å². The number of nitrogens with zero attached hydrogens (tertiary/aromatic N) is 2. The monoisotopic (exact) mass is 482 g/mol. The van der Waals surface area contributed by atoms with Crippen molar-refractivity contribution in [3.05, 3.63) is 95.7 Å². The van der Waals surface area contributed by atoms with Gasteiger partial charge in [0.15, 0.2) is 17.3 Å². The molecule has 0 radical (unpaired) electrons. The molecule has 0 unspecified atom stereocenters. The molecule has 4 rings (SSSR count). The third kappa shape index (κ3) is 6.39. The summed E-state index contributed by atoms with van der Waals surface area (Å²) in [6.45, 7) is 7.37. The molecule has 7 nitrogen and oxygen atoms in total. The Labute approximate surface area is 211 Å². The van der Waals surface area contributed by atoms with Crippen molar-refractivity contribution in [3.8, 4) is 22.9 Å². The number of rotatable bonds is 10. The van der Waals surface area contributed by atoms with Gasteiger partial charge in [0.25, 0.3) is 5.91 Å². The highest BCUT2D eigenvalue weighted by Gasteiger charge is 2.10. The van der Waals surface area contributed by atoms with Crippen LogP contribution in [0.3, 0.4) is 0 Å². The molecule has 1 amide bonds. The van der Waals surface area contributed by atoms with E-state index in [1.54, 1.807) is 24.4 Å². The van der Waals surface area contributed by atoms with E-state index in [9.17, 15) is 4.79 Å². The van der Waals surface area contributed by atoms with Crippen molar-refractivity contribution in [1.82, 2.24) is 15.3 Å². The van der Waals surface area contributed by atoms with Gasteiger partial charge in [-0.3, -0.25) is 4.79 Å². The lowest BCUT2D eigenvalue weighted by Gasteiger charge is -2.13. The van der Waals surface area contributed by atoms with Crippen LogP contribution in [0.5, 0.6) is 11.5 Å². The van der Waals surface area contributed by atoms with Crippen molar-refractivity contribution >= 4 is 17.4 Å². The van der Waals surface area contributed by atoms with Crippen LogP contribution in [0.1, 0.15) is 35.3 Å². The number of nitrogens with one attached hydrogen (secondary N) is 2. The lowest BCUT2D eigenvalue weighted by Crippen LogP contribution is -2.22. The molecule has 3 aromatic carbocycles. The fraction of sp³-hybridized carbons (Fsp3) is 0.207. The molecular formula is C29H30N4O3. The highest BCUT2D eigenvalue weighted by atomic mass is 16.5. The van der Waals surface area contributed by atoms with E-state index >= 15 is 0 Å². The zero-order chi connectivity index (χ0) is 25.3. The van der Waals surface area contributed by atoms with Crippen LogP contribution in [-0.2, 0) is 6.54 Å². The molecule has 184 valence electrons. The third-order valence-electron chi connectivity index (χ3n) is 5.42. The van der Waals surface area contributed by atoms with Crippen molar-refractivity contribution in [2.24, 2.45) is 0 Å². The molecule has 0 fully saturated rings. The molecule has 4 aromatic rings. The minimum absolute atomic E-state index is 0.173. The van der Waals surface area contributed by atoms with Gasteiger partial charge in [-0.1, -0.05) is 42.0 Å². The van der Waals surface area contributed by atoms with Crippen LogP contribution in [0, 0.1) is 6.92 Å². The van der Waals surface area contributed by atoms with Crippen molar-refractivity contribution in [2.45, 2.75) is 27.3 Å². The number of carbonyl (C=O) groups is 1. The predicted molar refractivity (Wildman–Crippen MR) is 142 cm³/mol. The van der Waals surface area contributed by atoms with Gasteiger partial charge in [-0.15, -0.1) is 0 Å². The van der Waals surface area contributed by atoms with Crippen molar-refractivity contribution in [1.29, 1.82) is 0 Å². The Kier molecular flexibility index (Phi) is 8.13. The summed E-state index contributed by atoms with van der Waals surface area (Å²) in [5.41, 5.74) is 4.35. The number of ether oxygens (including phenoxy) is 2. The smallest absolute Gasteiger partial charge is 0.251 e. The molecule has 1 aromatic heterocycles. The summed E-state index contributed by atoms with van der Waals surface area (Å²) in [4.78, 5) is 21.8. The van der Waals surface area contributed by atoms with E-state index in [4.69, 9.17) is 9.47 Å². The second-order valence-corrected chi connectivity index (χ2v) is 8.17. The summed E-state index contributed by atoms with van der Waals surface area (Å²) >= 11 is 0. The zero-order valence-electron chi connectivity index (χ0n) is 20.7. The van der Waals surface area contributed by atoms with Crippen LogP contribution in [0.2, 0.25) is 0 Å². The predicted octanol–water partition coefficient (Wildman–Crippen LogP) is 5.92. The summed E-state index contributed by atoms with van der Waals surface area (Å²) in [6, 6.07) is 22.9. The SMILES string of the molecule is CCOc1ccc(CNC(=O)c2cccc(Nc3ccnc(-c4ccc(C)cc4)n3)c2)cc1OCC. The van der Waals surface area contributed by atoms with Gasteiger partial charge in [-0.05, 0) is 62.7 Å². The van der Waals surface area contributed by atoms with Crippen LogP contribution in [-0.4, -0.2) is 29.1 Å². The summed E-state index contributed by atoms with van der Waals surface area (Å²) in [5, 5.41) is 6.25. The Morgan fingerprint density at radius 1 is 0.889 bits per heavy atom. The maximum atomic E-state index is 12.8. The minimum atomic E-state index is -0.173. The number of benzene rings is 3. The van der Waals surface area contributed by atoms with E-state index in [0.29, 0.717) is 48.5 Å². The average molecular weight is 483 g/mol. The van der Waals surface area contributed by atoms with E-state index in [-0.39, 0.29) is 5.91 Å². The van der Waals surface area contributed by atoms with Crippen LogP contribution < -0.4 is 20.1 Å². The van der Waals surface area contributed by atoms with Crippen molar-refractivity contribution in [2.75, 3.05) is 18.5 Å². The molecule has 36 heavy (non-hydrogen) atoms. The van der Waals surface area contributed by atoms with Crippen LogP contribution in [0.4, 0.5) is 11.5 Å². The first-order chi connectivity index (χ1) is 17.6. The molecule has 0 aliphatic carbocycles. The van der Waals surface area contributed by atoms with Gasteiger partial charge in [0, 0.05) is 29.6 Å². The first-order valence-electron chi connectivity index (χ1n) is 12.0. The Morgan fingerprint density at radius 2 is 1.67 bits per heavy atom. The number of hydrogen-bond acceptors (Lipinski definition) is 6. The average Bonchev–Trinajstić information content (AvgIpc) is 2.89. The summed E-state index contributed by atoms with van der Waals surface area (Å²) in [5.74, 6) is 2.48. The number of carbonyl (C=O) groups excluding carboxylic acids is 1. The fourth-order valence-corrected chi connectivity index (χ4v) is 3.65. The van der Waals surface area contributed by atoms with Gasteiger partial charge in [0.05, 0.1) is 13.2 Å². The lowest BCUT2D eigenvalue weighted by atomic mass is 10.1. The molecule has 2 N–H and O–H groups in total. The van der Waals surface area contributed by atoms with Gasteiger partial charge in [0.2, 0.25) is 0 Å². The molecule has 0 saturated carbocycles. The fourth-order valence-electron chi connectivity index (χ4n) is 3.65. The molecule has 0 spiro atoms. The van der Waals surface area contributed by atoms with Crippen molar-refractivity contribution < 1.29 is 14.3 Å². The van der Waals surface area contributed by atoms with Crippen LogP contribution in [0.15, 0.2) is 79.0 Å². The normalized spacial score (nSPS) is 10.5. The first kappa shape index (κ1) is 24.7. The Hall–Kier alpha value is -4.39. The summed E-state index contributed by atoms with van der Waals surface area (Å²) in [6.07, 6.45) is 1.72. The molecule has 7 heteroatoms. The van der Waals surface area contributed by atoms with E-state index in [1.807, 2.05) is 75.4 Å². The number of anilines is 2. The first-order valence-corrected chi connectivity index (χ1v) is 12.0. The van der Waals surface area contributed by atoms with Gasteiger partial charge < -0.3 is 20.1 Å². The van der Waals surface area contributed by atoms with Gasteiger partial charge >= 0.3 is 0 Å². The maximum absolute atomic E-state index is 12.8. The van der Waals surface area contributed by atoms with Gasteiger partial charge in [-0.25, -0.2) is 9.97 Å². The molecule has 0 bridgehead atoms. The highest BCUT2D eigenvalue weighted by molar-refractivity contribution is 5.95. The third-order valence-corrected chi connectivity index (χ3v) is 5.42. The Morgan fingerprint density at radius 3 is 2.44 bits per heavy atom. The minimum Gasteiger partial charge on any atom is -0.490 e. The number of aromatic nitrogens is 2. The molecule has 0 aliphatic heterocycles. The maximum Gasteiger partial charge on any atom is 0.251 e. The number of hydrogen-bond donors (Lipinski definition) is 2. The standard InChI is InChI=1S/C29H30N4O3/c1-4-35-25-14-11-21(17-26(25)36-5-2)19-31-29(34)23-7-6-8-24(18-23)32-27-15-16-30-28(33-27)22-12-9-20(3)10-13-22/h6-18H,4-5,19H2,1-3H3,(H,31,34)(H,30,32,33). The Balaban J connectivity index is 1.42. The van der Waals surface area contributed by atoms with Gasteiger partial charge in [0.1, 0.15) is 5.82 Å². The number of aryl methyl sites for hydroxylation is 1. The second-order valence-electron chi connectivity index (χ2n) is 8.17. The highest BCUT2D eigenvalue weighted by Crippen LogP contribution is 2.28. The van der Waals surface area contributed by atoms with Crippen LogP contribution >= 0.6 is 0 Å². The summed E-state index contributed by atoms with van der Waals surface area (Å²) < 4.78 is 11.3. The topological polar surface area (TPSA) is 85.4 Å². The van der Waals surface area contributed by atoms with E-state index < -0.39 is 0 Å². The lowest BCUT2D eigenvalue weighted by molar-refractivity contribution is 0.0951. The number of amides is 1. The molecule has 0 aliphatic rings. The molecule has 1 heterocycles. The zero-order valence-corrected chi connectivity index (χ0v) is 20.7. The van der Waals surface area contributed by atoms with Gasteiger partial charge in [-0.2, -0.15) is 0 Å². The van der Waals surface area contributed by atoms with E-state index in [1.165, 1.54) is 5.56 Å². The second kappa shape index (κ2) is 11.8. The van der Waals surface area contributed by atoms with Crippen molar-refractivity contribution in [3.63, 3.8) is 0 Å². The summed E-state index contributed by atoms with van der Waals surface area (Å²) in [7, 11) is 0. The molecular weight excluding hydrogens is 452 g/mol. The quantitative estimate of drug-likeness (QED) is 0.292. The van der Waals surface area contributed by atoms with E-state index in [2.05, 4.69) is 20.6 Å².